The minimum absolute atomic E-state index is 0.0360. The number of carbonyl (C=O) groups is 1. The smallest absolute Gasteiger partial charge is 0.230 e. The maximum atomic E-state index is 10.9. The van der Waals surface area contributed by atoms with Crippen LogP contribution >= 0.6 is 15.9 Å². The van der Waals surface area contributed by atoms with E-state index >= 15 is 0 Å². The number of hydrogen-bond acceptors (Lipinski definition) is 2. The largest absolute Gasteiger partial charge is 0.355 e. The van der Waals surface area contributed by atoms with Gasteiger partial charge in [-0.05, 0) is 25.3 Å². The molecule has 1 amide bonds. The molecule has 0 bridgehead atoms. The number of amides is 1. The number of nitrogens with one attached hydrogen (secondary N) is 2. The Balaban J connectivity index is 2.16. The number of aromatic amines is 1. The highest BCUT2D eigenvalue weighted by molar-refractivity contribution is 9.09. The van der Waals surface area contributed by atoms with Crippen molar-refractivity contribution in [1.82, 2.24) is 15.5 Å². The number of aryl methyl sites for hydroxylation is 2. The van der Waals surface area contributed by atoms with E-state index in [1.54, 1.807) is 0 Å². The van der Waals surface area contributed by atoms with E-state index in [0.717, 1.165) is 25.1 Å². The summed E-state index contributed by atoms with van der Waals surface area (Å²) in [5.74, 6) is 0.0360. The summed E-state index contributed by atoms with van der Waals surface area (Å²) in [7, 11) is 0. The van der Waals surface area contributed by atoms with Crippen LogP contribution in [0.15, 0.2) is 6.20 Å². The van der Waals surface area contributed by atoms with E-state index in [-0.39, 0.29) is 5.91 Å². The first-order valence-electron chi connectivity index (χ1n) is 4.55. The number of hydrogen-bond donors (Lipinski definition) is 2. The lowest BCUT2D eigenvalue weighted by Crippen LogP contribution is -2.25. The van der Waals surface area contributed by atoms with Crippen LogP contribution in [-0.2, 0) is 11.2 Å². The fraction of sp³-hybridized carbons (Fsp3) is 0.556. The molecule has 0 radical (unpaired) electrons. The predicted octanol–water partition coefficient (Wildman–Crippen LogP) is 1.16. The molecule has 78 valence electrons. The van der Waals surface area contributed by atoms with Gasteiger partial charge in [-0.2, -0.15) is 5.10 Å². The first-order chi connectivity index (χ1) is 6.74. The Hall–Kier alpha value is -0.840. The summed E-state index contributed by atoms with van der Waals surface area (Å²) < 4.78 is 0. The van der Waals surface area contributed by atoms with E-state index < -0.39 is 0 Å². The Labute approximate surface area is 91.6 Å². The van der Waals surface area contributed by atoms with Crippen molar-refractivity contribution in [3.05, 3.63) is 17.5 Å². The minimum atomic E-state index is 0.0360. The molecule has 4 nitrogen and oxygen atoms in total. The van der Waals surface area contributed by atoms with E-state index in [1.165, 1.54) is 5.56 Å². The molecule has 0 aliphatic rings. The molecular weight excluding hydrogens is 246 g/mol. The summed E-state index contributed by atoms with van der Waals surface area (Å²) in [5, 5.41) is 9.99. The third-order valence-corrected chi connectivity index (χ3v) is 2.51. The molecule has 14 heavy (non-hydrogen) atoms. The Morgan fingerprint density at radius 1 is 1.71 bits per heavy atom. The highest BCUT2D eigenvalue weighted by Crippen LogP contribution is 2.04. The summed E-state index contributed by atoms with van der Waals surface area (Å²) in [6, 6.07) is 0. The molecule has 1 heterocycles. The number of nitrogens with zero attached hydrogens (tertiary/aromatic N) is 1. The van der Waals surface area contributed by atoms with Crippen LogP contribution in [0.1, 0.15) is 17.7 Å². The predicted molar refractivity (Wildman–Crippen MR) is 58.4 cm³/mol. The van der Waals surface area contributed by atoms with Crippen molar-refractivity contribution >= 4 is 21.8 Å². The molecule has 0 saturated heterocycles. The molecule has 2 N–H and O–H groups in total. The molecule has 1 aromatic rings. The van der Waals surface area contributed by atoms with Gasteiger partial charge in [-0.15, -0.1) is 0 Å². The minimum Gasteiger partial charge on any atom is -0.355 e. The number of rotatable bonds is 5. The van der Waals surface area contributed by atoms with Crippen molar-refractivity contribution in [3.8, 4) is 0 Å². The SMILES string of the molecule is Cc1[nH]ncc1CCCNC(=O)CBr. The molecule has 0 aliphatic carbocycles. The van der Waals surface area contributed by atoms with E-state index in [0.29, 0.717) is 5.33 Å². The standard InChI is InChI=1S/C9H14BrN3O/c1-7-8(6-12-13-7)3-2-4-11-9(14)5-10/h6H,2-5H2,1H3,(H,11,14)(H,12,13). The zero-order valence-corrected chi connectivity index (χ0v) is 9.73. The van der Waals surface area contributed by atoms with E-state index in [2.05, 4.69) is 31.4 Å². The van der Waals surface area contributed by atoms with Gasteiger partial charge in [0, 0.05) is 12.2 Å². The first kappa shape index (κ1) is 11.2. The quantitative estimate of drug-likeness (QED) is 0.616. The fourth-order valence-electron chi connectivity index (χ4n) is 1.18. The third-order valence-electron chi connectivity index (χ3n) is 2.00. The number of aromatic nitrogens is 2. The zero-order chi connectivity index (χ0) is 10.4. The Bertz CT molecular complexity index is 298. The number of alkyl halides is 1. The second kappa shape index (κ2) is 5.80. The maximum Gasteiger partial charge on any atom is 0.230 e. The summed E-state index contributed by atoms with van der Waals surface area (Å²) in [4.78, 5) is 10.9. The van der Waals surface area contributed by atoms with Crippen molar-refractivity contribution < 1.29 is 4.79 Å². The van der Waals surface area contributed by atoms with Gasteiger partial charge >= 0.3 is 0 Å². The zero-order valence-electron chi connectivity index (χ0n) is 8.14. The van der Waals surface area contributed by atoms with Crippen LogP contribution in [0.3, 0.4) is 0 Å². The summed E-state index contributed by atoms with van der Waals surface area (Å²) in [5.41, 5.74) is 2.33. The molecule has 0 aromatic carbocycles. The number of halogens is 1. The van der Waals surface area contributed by atoms with Gasteiger partial charge in [0.05, 0.1) is 11.5 Å². The van der Waals surface area contributed by atoms with Crippen molar-refractivity contribution in [2.75, 3.05) is 11.9 Å². The van der Waals surface area contributed by atoms with Crippen LogP contribution in [-0.4, -0.2) is 28.0 Å². The van der Waals surface area contributed by atoms with Crippen molar-refractivity contribution in [1.29, 1.82) is 0 Å². The number of H-pyrrole nitrogens is 1. The Morgan fingerprint density at radius 3 is 3.07 bits per heavy atom. The normalized spacial score (nSPS) is 10.1. The lowest BCUT2D eigenvalue weighted by atomic mass is 10.1. The molecule has 0 fully saturated rings. The van der Waals surface area contributed by atoms with Gasteiger partial charge < -0.3 is 5.32 Å². The summed E-state index contributed by atoms with van der Waals surface area (Å²) >= 11 is 3.09. The van der Waals surface area contributed by atoms with E-state index in [4.69, 9.17) is 0 Å². The van der Waals surface area contributed by atoms with Crippen LogP contribution in [0.25, 0.3) is 0 Å². The average molecular weight is 260 g/mol. The van der Waals surface area contributed by atoms with Gasteiger partial charge in [-0.3, -0.25) is 9.89 Å². The van der Waals surface area contributed by atoms with Gasteiger partial charge in [0.15, 0.2) is 0 Å². The van der Waals surface area contributed by atoms with Crippen molar-refractivity contribution in [2.24, 2.45) is 0 Å². The molecule has 0 aliphatic heterocycles. The van der Waals surface area contributed by atoms with Gasteiger partial charge in [-0.25, -0.2) is 0 Å². The lowest BCUT2D eigenvalue weighted by Gasteiger charge is -2.02. The highest BCUT2D eigenvalue weighted by atomic mass is 79.9. The maximum absolute atomic E-state index is 10.9. The van der Waals surface area contributed by atoms with Crippen LogP contribution in [0.5, 0.6) is 0 Å². The second-order valence-electron chi connectivity index (χ2n) is 3.11. The molecule has 0 atom stereocenters. The van der Waals surface area contributed by atoms with Gasteiger partial charge in [0.1, 0.15) is 0 Å². The monoisotopic (exact) mass is 259 g/mol. The lowest BCUT2D eigenvalue weighted by molar-refractivity contribution is -0.118. The summed E-state index contributed by atoms with van der Waals surface area (Å²) in [6.07, 6.45) is 3.73. The second-order valence-corrected chi connectivity index (χ2v) is 3.67. The Kier molecular flexibility index (Phi) is 4.65. The molecule has 0 spiro atoms. The molecule has 1 rings (SSSR count). The average Bonchev–Trinajstić information content (AvgIpc) is 2.58. The fourth-order valence-corrected chi connectivity index (χ4v) is 1.38. The topological polar surface area (TPSA) is 57.8 Å². The van der Waals surface area contributed by atoms with Gasteiger partial charge in [-0.1, -0.05) is 15.9 Å². The van der Waals surface area contributed by atoms with Gasteiger partial charge in [0.2, 0.25) is 5.91 Å². The molecule has 1 aromatic heterocycles. The van der Waals surface area contributed by atoms with Crippen molar-refractivity contribution in [2.45, 2.75) is 19.8 Å². The third kappa shape index (κ3) is 3.49. The van der Waals surface area contributed by atoms with Gasteiger partial charge in [0.25, 0.3) is 0 Å². The molecule has 0 unspecified atom stereocenters. The molecule has 5 heteroatoms. The Morgan fingerprint density at radius 2 is 2.50 bits per heavy atom. The van der Waals surface area contributed by atoms with E-state index in [9.17, 15) is 4.79 Å². The summed E-state index contributed by atoms with van der Waals surface area (Å²) in [6.45, 7) is 2.72. The van der Waals surface area contributed by atoms with Crippen LogP contribution in [0, 0.1) is 6.92 Å². The van der Waals surface area contributed by atoms with Crippen LogP contribution in [0.2, 0.25) is 0 Å². The van der Waals surface area contributed by atoms with Crippen molar-refractivity contribution in [3.63, 3.8) is 0 Å². The number of carbonyl (C=O) groups excluding carboxylic acids is 1. The van der Waals surface area contributed by atoms with E-state index in [1.807, 2.05) is 13.1 Å². The van der Waals surface area contributed by atoms with Crippen LogP contribution < -0.4 is 5.32 Å². The molecule has 0 saturated carbocycles. The van der Waals surface area contributed by atoms with Crippen LogP contribution in [0.4, 0.5) is 0 Å². The highest BCUT2D eigenvalue weighted by Gasteiger charge is 2.00. The molecular formula is C9H14BrN3O. The first-order valence-corrected chi connectivity index (χ1v) is 5.67.